The van der Waals surface area contributed by atoms with Crippen molar-refractivity contribution in [1.82, 2.24) is 10.6 Å². The Balaban J connectivity index is 0.00000160. The molecule has 3 aromatic carbocycles. The molecule has 5 N–H and O–H groups in total. The Hall–Kier alpha value is -4.41. The van der Waals surface area contributed by atoms with E-state index in [-0.39, 0.29) is 23.8 Å². The third kappa shape index (κ3) is 9.56. The number of ether oxygens (including phenoxy) is 1. The Kier molecular flexibility index (Phi) is 13.2. The largest absolute Gasteiger partial charge is 0.497 e. The first kappa shape index (κ1) is 35.4. The summed E-state index contributed by atoms with van der Waals surface area (Å²) in [5.74, 6) is 0.609. The maximum Gasteiger partial charge on any atom is 0.290 e. The number of methoxy groups -OCH3 is 1. The van der Waals surface area contributed by atoms with Crippen LogP contribution >= 0.6 is 0 Å². The average Bonchev–Trinajstić information content (AvgIpc) is 3.54. The van der Waals surface area contributed by atoms with Crippen molar-refractivity contribution >= 4 is 29.7 Å². The van der Waals surface area contributed by atoms with Crippen molar-refractivity contribution in [3.8, 4) is 5.75 Å². The van der Waals surface area contributed by atoms with E-state index in [0.29, 0.717) is 38.0 Å². The number of nitrogens with one attached hydrogen (secondary N) is 3. The average molecular weight is 645 g/mol. The van der Waals surface area contributed by atoms with Crippen LogP contribution < -0.4 is 25.6 Å². The lowest BCUT2D eigenvalue weighted by atomic mass is 9.76. The second kappa shape index (κ2) is 17.5. The van der Waals surface area contributed by atoms with Crippen molar-refractivity contribution in [3.05, 3.63) is 89.5 Å². The first-order chi connectivity index (χ1) is 22.8. The highest BCUT2D eigenvalue weighted by molar-refractivity contribution is 6.00. The van der Waals surface area contributed by atoms with Gasteiger partial charge >= 0.3 is 0 Å². The lowest BCUT2D eigenvalue weighted by molar-refractivity contribution is -0.123. The van der Waals surface area contributed by atoms with Crippen molar-refractivity contribution in [3.63, 3.8) is 0 Å². The van der Waals surface area contributed by atoms with Crippen LogP contribution in [0.15, 0.2) is 72.8 Å². The standard InChI is InChI=1S/C36H46N4O4.CH2O2/c1-3-37-29-21-27(22-30(24-29)40-19-11-16-34(40)42)35(43)39-32(20-26-12-6-4-7-13-26)33(41)25-38-36(17-8-5-9-18-36)28-14-10-15-31(23-28)44-2;2-1-3/h4,6-7,10,12-15,21-24,32-33,37-38,41H,3,5,8-9,11,16-20,25H2,1-2H3,(H,39,43);1H,(H,2,3)/t32-,33+;/m0./s1. The second-order valence-electron chi connectivity index (χ2n) is 12.1. The molecule has 0 bridgehead atoms. The monoisotopic (exact) mass is 644 g/mol. The fraction of sp³-hybridized carbons (Fsp3) is 0.432. The number of amides is 2. The quantitative estimate of drug-likeness (QED) is 0.162. The minimum atomic E-state index is -0.847. The minimum absolute atomic E-state index is 0.0705. The molecule has 10 heteroatoms. The smallest absolute Gasteiger partial charge is 0.290 e. The lowest BCUT2D eigenvalue weighted by Gasteiger charge is -2.40. The zero-order chi connectivity index (χ0) is 33.6. The number of anilines is 2. The van der Waals surface area contributed by atoms with Crippen LogP contribution in [0.2, 0.25) is 0 Å². The maximum atomic E-state index is 13.8. The summed E-state index contributed by atoms with van der Waals surface area (Å²) >= 11 is 0. The van der Waals surface area contributed by atoms with Crippen molar-refractivity contribution in [1.29, 1.82) is 0 Å². The highest BCUT2D eigenvalue weighted by Crippen LogP contribution is 2.38. The van der Waals surface area contributed by atoms with Gasteiger partial charge in [-0.15, -0.1) is 0 Å². The summed E-state index contributed by atoms with van der Waals surface area (Å²) < 4.78 is 5.53. The number of carboxylic acid groups (broad SMARTS) is 1. The molecule has 1 saturated carbocycles. The van der Waals surface area contributed by atoms with Gasteiger partial charge in [-0.2, -0.15) is 0 Å². The molecule has 0 spiro atoms. The van der Waals surface area contributed by atoms with E-state index in [1.165, 1.54) is 6.42 Å². The van der Waals surface area contributed by atoms with Gasteiger partial charge in [0, 0.05) is 48.5 Å². The molecule has 0 unspecified atom stereocenters. The normalized spacial score (nSPS) is 16.7. The van der Waals surface area contributed by atoms with Crippen LogP contribution in [0, 0.1) is 0 Å². The Labute approximate surface area is 277 Å². The van der Waals surface area contributed by atoms with E-state index in [1.54, 1.807) is 18.1 Å². The summed E-state index contributed by atoms with van der Waals surface area (Å²) in [6.07, 6.45) is 6.30. The molecule has 5 rings (SSSR count). The molecule has 252 valence electrons. The maximum absolute atomic E-state index is 13.8. The number of carbonyl (C=O) groups excluding carboxylic acids is 2. The van der Waals surface area contributed by atoms with Gasteiger partial charge < -0.3 is 35.8 Å². The van der Waals surface area contributed by atoms with E-state index in [1.807, 2.05) is 61.5 Å². The van der Waals surface area contributed by atoms with E-state index in [2.05, 4.69) is 28.1 Å². The fourth-order valence-electron chi connectivity index (χ4n) is 6.61. The molecular weight excluding hydrogens is 596 g/mol. The molecule has 3 aromatic rings. The van der Waals surface area contributed by atoms with Gasteiger partial charge in [-0.3, -0.25) is 14.4 Å². The Morgan fingerprint density at radius 1 is 1.02 bits per heavy atom. The molecule has 10 nitrogen and oxygen atoms in total. The Morgan fingerprint density at radius 2 is 1.77 bits per heavy atom. The Morgan fingerprint density at radius 3 is 2.43 bits per heavy atom. The molecule has 2 atom stereocenters. The van der Waals surface area contributed by atoms with Gasteiger partial charge in [-0.05, 0) is 74.1 Å². The Bertz CT molecular complexity index is 1460. The first-order valence-corrected chi connectivity index (χ1v) is 16.5. The minimum Gasteiger partial charge on any atom is -0.497 e. The number of benzene rings is 3. The SMILES string of the molecule is CCNc1cc(C(=O)N[C@@H](Cc2ccccc2)[C@H](O)CNC2(c3cccc(OC)c3)CCCCC2)cc(N2CCCC2=O)c1.O=CO. The van der Waals surface area contributed by atoms with Crippen molar-refractivity contribution in [2.24, 2.45) is 0 Å². The van der Waals surface area contributed by atoms with Crippen LogP contribution in [0.3, 0.4) is 0 Å². The molecule has 2 fully saturated rings. The van der Waals surface area contributed by atoms with Crippen molar-refractivity contribution in [2.45, 2.75) is 76.0 Å². The predicted octanol–water partition coefficient (Wildman–Crippen LogP) is 5.11. The summed E-state index contributed by atoms with van der Waals surface area (Å²) in [5.41, 5.74) is 3.88. The van der Waals surface area contributed by atoms with E-state index in [9.17, 15) is 14.7 Å². The molecule has 47 heavy (non-hydrogen) atoms. The summed E-state index contributed by atoms with van der Waals surface area (Å²) in [6.45, 7) is 3.40. The lowest BCUT2D eigenvalue weighted by Crippen LogP contribution is -2.53. The van der Waals surface area contributed by atoms with Gasteiger partial charge in [0.2, 0.25) is 5.91 Å². The van der Waals surface area contributed by atoms with E-state index in [0.717, 1.165) is 60.4 Å². The van der Waals surface area contributed by atoms with E-state index in [4.69, 9.17) is 14.6 Å². The van der Waals surface area contributed by atoms with Gasteiger partial charge in [-0.25, -0.2) is 0 Å². The molecule has 2 amide bonds. The first-order valence-electron chi connectivity index (χ1n) is 16.5. The number of aliphatic hydroxyl groups is 1. The van der Waals surface area contributed by atoms with Crippen LogP contribution in [0.25, 0.3) is 0 Å². The van der Waals surface area contributed by atoms with Gasteiger partial charge in [-0.1, -0.05) is 61.7 Å². The molecule has 0 aromatic heterocycles. The van der Waals surface area contributed by atoms with Crippen LogP contribution in [-0.2, 0) is 21.5 Å². The third-order valence-electron chi connectivity index (χ3n) is 9.00. The van der Waals surface area contributed by atoms with Crippen LogP contribution in [0.1, 0.15) is 73.4 Å². The van der Waals surface area contributed by atoms with Crippen LogP contribution in [-0.4, -0.2) is 67.4 Å². The number of aliphatic hydroxyl groups excluding tert-OH is 1. The van der Waals surface area contributed by atoms with Gasteiger partial charge in [0.25, 0.3) is 12.4 Å². The van der Waals surface area contributed by atoms with Gasteiger partial charge in [0.05, 0.1) is 19.3 Å². The number of hydrogen-bond donors (Lipinski definition) is 5. The van der Waals surface area contributed by atoms with Crippen molar-refractivity contribution < 1.29 is 29.3 Å². The number of rotatable bonds is 13. The van der Waals surface area contributed by atoms with Crippen LogP contribution in [0.4, 0.5) is 11.4 Å². The summed E-state index contributed by atoms with van der Waals surface area (Å²) in [5, 5.41) is 28.8. The molecule has 1 saturated heterocycles. The predicted molar refractivity (Wildman–Crippen MR) is 184 cm³/mol. The molecule has 1 aliphatic heterocycles. The van der Waals surface area contributed by atoms with Gasteiger partial charge in [0.1, 0.15) is 5.75 Å². The van der Waals surface area contributed by atoms with Gasteiger partial charge in [0.15, 0.2) is 0 Å². The van der Waals surface area contributed by atoms with E-state index < -0.39 is 12.1 Å². The highest BCUT2D eigenvalue weighted by Gasteiger charge is 2.35. The summed E-state index contributed by atoms with van der Waals surface area (Å²) in [6, 6.07) is 23.1. The third-order valence-corrected chi connectivity index (χ3v) is 9.00. The number of hydrogen-bond acceptors (Lipinski definition) is 7. The number of carbonyl (C=O) groups is 3. The van der Waals surface area contributed by atoms with E-state index >= 15 is 0 Å². The van der Waals surface area contributed by atoms with Crippen molar-refractivity contribution in [2.75, 3.05) is 37.0 Å². The molecule has 1 heterocycles. The molecular formula is C37H48N4O6. The molecule has 0 radical (unpaired) electrons. The van der Waals surface area contributed by atoms with Crippen LogP contribution in [0.5, 0.6) is 5.75 Å². The zero-order valence-electron chi connectivity index (χ0n) is 27.4. The zero-order valence-corrected chi connectivity index (χ0v) is 27.4. The topological polar surface area (TPSA) is 140 Å². The molecule has 1 aliphatic carbocycles. The fourth-order valence-corrected chi connectivity index (χ4v) is 6.61. The second-order valence-corrected chi connectivity index (χ2v) is 12.1. The highest BCUT2D eigenvalue weighted by atomic mass is 16.5. The molecule has 2 aliphatic rings. The summed E-state index contributed by atoms with van der Waals surface area (Å²) in [7, 11) is 1.68. The number of nitrogens with zero attached hydrogens (tertiary/aromatic N) is 1. The summed E-state index contributed by atoms with van der Waals surface area (Å²) in [4.78, 5) is 36.5.